The highest BCUT2D eigenvalue weighted by atomic mass is 35.7. The monoisotopic (exact) mass is 1630 g/mol. The Hall–Kier alpha value is -5.44. The zero-order valence-corrected chi connectivity index (χ0v) is 70.4. The number of nitrogens with one attached hydrogen (secondary N) is 3. The van der Waals surface area contributed by atoms with Crippen molar-refractivity contribution in [1.82, 2.24) is 52.2 Å². The fourth-order valence-electron chi connectivity index (χ4n) is 18.1. The molecule has 5 aliphatic heterocycles. The van der Waals surface area contributed by atoms with Crippen molar-refractivity contribution >= 4 is 102 Å². The van der Waals surface area contributed by atoms with Crippen molar-refractivity contribution in [3.63, 3.8) is 0 Å². The highest BCUT2D eigenvalue weighted by Gasteiger charge is 2.39. The number of ether oxygens (including phenoxy) is 3. The quantitative estimate of drug-likeness (QED) is 0.0325. The Bertz CT molecular complexity index is 4430. The summed E-state index contributed by atoms with van der Waals surface area (Å²) in [5, 5.41) is 42.7. The van der Waals surface area contributed by atoms with Crippen LogP contribution < -0.4 is 16.0 Å². The van der Waals surface area contributed by atoms with Crippen LogP contribution in [0.2, 0.25) is 0 Å². The summed E-state index contributed by atoms with van der Waals surface area (Å²) in [7, 11) is -4.81. The van der Waals surface area contributed by atoms with Gasteiger partial charge in [0.1, 0.15) is 16.9 Å². The van der Waals surface area contributed by atoms with Gasteiger partial charge in [-0.1, -0.05) is 52.2 Å². The molecule has 0 spiro atoms. The van der Waals surface area contributed by atoms with Crippen molar-refractivity contribution in [2.24, 2.45) is 0 Å². The van der Waals surface area contributed by atoms with E-state index < -0.39 is 29.1 Å². The second-order valence-corrected chi connectivity index (χ2v) is 40.4. The first-order chi connectivity index (χ1) is 54.0. The summed E-state index contributed by atoms with van der Waals surface area (Å²) in [6.45, 7) is 18.2. The highest BCUT2D eigenvalue weighted by Crippen LogP contribution is 2.43. The standard InChI is InChI=1S/C27H43N5O4S.C27H41N5O4S.C23H34N4O.C5H9ClO3S/c2*1-3-4-19(2)29-27-28-17-24-25(18-32(26(24)30-27)21-5-7-22(33)8-6-21)20-9-13-31(14-10-20)37(34,35)23-11-15-36-16-12-23;1-3-7-16(2)25-23-24-14-20-21(17-8-5-4-6-9-17)15-27(22(20)26-23)18-10-12-19(28)13-11-18;6-10(7,8)5-1-3-9-4-2-5/h17-23,33H,3-16H2,1-2H3,(H,28,29,30);9,17-19,21-23,33H,3-8,10-16H2,1-2H3,(H,28,29,30);8,14-16,18-19,28H,3-7,9-13H2,1-2H3,(H,24,25,26);5H,1-4H2/t2*19-,21?,22?;16-,18?,19?;/m000./s1. The van der Waals surface area contributed by atoms with E-state index in [1.807, 2.05) is 18.6 Å². The molecule has 6 N–H and O–H groups in total. The number of hydrogen-bond donors (Lipinski definition) is 6. The Kier molecular flexibility index (Phi) is 30.8. The molecule has 6 aromatic heterocycles. The van der Waals surface area contributed by atoms with Crippen molar-refractivity contribution in [2.45, 2.75) is 317 Å². The fraction of sp³-hybridized carbons (Fsp3) is 0.732. The lowest BCUT2D eigenvalue weighted by molar-refractivity contribution is 0.0969. The molecule has 3 saturated carbocycles. The summed E-state index contributed by atoms with van der Waals surface area (Å²) in [5.41, 5.74) is 9.16. The summed E-state index contributed by atoms with van der Waals surface area (Å²) >= 11 is 0. The van der Waals surface area contributed by atoms with Gasteiger partial charge in [0.2, 0.25) is 46.9 Å². The third-order valence-electron chi connectivity index (χ3n) is 24.7. The number of aliphatic hydroxyl groups excluding tert-OH is 3. The maximum Gasteiger partial charge on any atom is 0.235 e. The Morgan fingerprint density at radius 3 is 1.20 bits per heavy atom. The zero-order chi connectivity index (χ0) is 79.1. The van der Waals surface area contributed by atoms with Crippen LogP contribution in [0.1, 0.15) is 281 Å². The summed E-state index contributed by atoms with van der Waals surface area (Å²) < 4.78 is 100. The Labute approximate surface area is 669 Å². The SMILES string of the molecule is CCC[C@H](C)Nc1ncc2c(C3=CCCCC3)cn(C3CCC(O)CC3)c2n1.CCC[C@H](C)Nc1ncc2c(C3=CCN(S(=O)(=O)C4CCOCC4)CC3)cn(C3CCC(O)CC3)c2n1.CCC[C@H](C)Nc1ncc2c(C3CCN(S(=O)(=O)C4CCOCC4)CC3)cn(C3CCC(O)CC3)c2n1.O=S(=O)(Cl)C1CCOCC1. The molecule has 15 rings (SSSR count). The molecule has 0 aromatic carbocycles. The number of fused-ring (bicyclic) bond motifs is 3. The predicted molar refractivity (Wildman–Crippen MR) is 445 cm³/mol. The van der Waals surface area contributed by atoms with Crippen LogP contribution in [0, 0.1) is 0 Å². The summed E-state index contributed by atoms with van der Waals surface area (Å²) in [6.07, 6.45) is 44.4. The first-order valence-corrected chi connectivity index (χ1v) is 47.9. The molecule has 4 saturated heterocycles. The molecule has 7 fully saturated rings. The minimum absolute atomic E-state index is 0.139. The molecule has 0 radical (unpaired) electrons. The second-order valence-electron chi connectivity index (χ2n) is 33.1. The lowest BCUT2D eigenvalue weighted by Gasteiger charge is -2.34. The lowest BCUT2D eigenvalue weighted by Crippen LogP contribution is -2.44. The average Bonchev–Trinajstić information content (AvgIpc) is 0.927. The van der Waals surface area contributed by atoms with Crippen molar-refractivity contribution in [3.8, 4) is 0 Å². The number of aliphatic hydroxyl groups is 3. The Morgan fingerprint density at radius 2 is 0.830 bits per heavy atom. The molecule has 0 amide bonds. The van der Waals surface area contributed by atoms with Crippen LogP contribution in [0.3, 0.4) is 0 Å². The van der Waals surface area contributed by atoms with Crippen molar-refractivity contribution in [1.29, 1.82) is 0 Å². The number of allylic oxidation sites excluding steroid dienone is 2. The van der Waals surface area contributed by atoms with E-state index in [1.54, 1.807) is 8.61 Å². The minimum atomic E-state index is -3.33. The van der Waals surface area contributed by atoms with Gasteiger partial charge in [-0.2, -0.15) is 19.3 Å². The molecule has 30 heteroatoms. The van der Waals surface area contributed by atoms with Gasteiger partial charge in [0.05, 0.1) is 34.1 Å². The van der Waals surface area contributed by atoms with Gasteiger partial charge in [0.15, 0.2) is 0 Å². The second kappa shape index (κ2) is 40.1. The zero-order valence-electron chi connectivity index (χ0n) is 67.2. The van der Waals surface area contributed by atoms with Crippen LogP contribution in [0.4, 0.5) is 17.8 Å². The van der Waals surface area contributed by atoms with E-state index in [4.69, 9.17) is 39.8 Å². The average molecular weight is 1630 g/mol. The molecular weight excluding hydrogens is 1500 g/mol. The minimum Gasteiger partial charge on any atom is -0.393 e. The van der Waals surface area contributed by atoms with E-state index in [2.05, 4.69) is 117 Å². The molecule has 0 unspecified atom stereocenters. The number of piperidine rings is 1. The van der Waals surface area contributed by atoms with E-state index in [1.165, 1.54) is 41.3 Å². The molecule has 4 aliphatic carbocycles. The number of aromatic nitrogens is 9. The van der Waals surface area contributed by atoms with Gasteiger partial charge in [-0.25, -0.2) is 44.5 Å². The largest absolute Gasteiger partial charge is 0.393 e. The van der Waals surface area contributed by atoms with E-state index in [0.717, 1.165) is 180 Å². The molecular formula is C82H127ClN14O12S3. The van der Waals surface area contributed by atoms with Gasteiger partial charge in [0, 0.05) is 177 Å². The molecule has 9 aliphatic rings. The molecule has 3 atom stereocenters. The number of sulfonamides is 2. The van der Waals surface area contributed by atoms with E-state index in [-0.39, 0.29) is 46.0 Å². The first-order valence-electron chi connectivity index (χ1n) is 42.5. The topological polar surface area (TPSA) is 325 Å². The van der Waals surface area contributed by atoms with Gasteiger partial charge in [-0.05, 0) is 223 Å². The van der Waals surface area contributed by atoms with Gasteiger partial charge in [-0.15, -0.1) is 0 Å². The number of anilines is 3. The van der Waals surface area contributed by atoms with Crippen LogP contribution in [0.25, 0.3) is 44.2 Å². The Balaban J connectivity index is 0.000000148. The van der Waals surface area contributed by atoms with Gasteiger partial charge in [-0.3, -0.25) is 0 Å². The summed E-state index contributed by atoms with van der Waals surface area (Å²) in [5.74, 6) is 2.31. The third kappa shape index (κ3) is 21.8. The van der Waals surface area contributed by atoms with Crippen LogP contribution in [0.5, 0.6) is 0 Å². The number of hydrogen-bond acceptors (Lipinski definition) is 21. The van der Waals surface area contributed by atoms with E-state index in [0.29, 0.717) is 153 Å². The smallest absolute Gasteiger partial charge is 0.235 e. The highest BCUT2D eigenvalue weighted by molar-refractivity contribution is 8.14. The van der Waals surface area contributed by atoms with E-state index in [9.17, 15) is 40.6 Å². The lowest BCUT2D eigenvalue weighted by atomic mass is 9.90. The normalized spacial score (nSPS) is 25.0. The van der Waals surface area contributed by atoms with Crippen molar-refractivity contribution in [3.05, 3.63) is 66.0 Å². The summed E-state index contributed by atoms with van der Waals surface area (Å²) in [4.78, 5) is 28.9. The van der Waals surface area contributed by atoms with Gasteiger partial charge >= 0.3 is 0 Å². The third-order valence-corrected chi connectivity index (χ3v) is 31.5. The maximum absolute atomic E-state index is 13.2. The fourth-order valence-corrected chi connectivity index (χ4v) is 23.2. The van der Waals surface area contributed by atoms with Crippen LogP contribution in [-0.4, -0.2) is 211 Å². The predicted octanol–water partition coefficient (Wildman–Crippen LogP) is 14.5. The number of halogens is 1. The molecule has 622 valence electrons. The molecule has 0 bridgehead atoms. The van der Waals surface area contributed by atoms with E-state index >= 15 is 0 Å². The molecule has 26 nitrogen and oxygen atoms in total. The number of rotatable bonds is 23. The van der Waals surface area contributed by atoms with Crippen LogP contribution in [-0.2, 0) is 43.3 Å². The van der Waals surface area contributed by atoms with Crippen LogP contribution in [0.15, 0.2) is 49.3 Å². The molecule has 112 heavy (non-hydrogen) atoms. The molecule has 11 heterocycles. The van der Waals surface area contributed by atoms with Crippen molar-refractivity contribution < 1.29 is 54.8 Å². The van der Waals surface area contributed by atoms with Crippen molar-refractivity contribution in [2.75, 3.05) is 81.8 Å². The summed E-state index contributed by atoms with van der Waals surface area (Å²) in [6, 6.07) is 1.97. The maximum atomic E-state index is 13.2. The Morgan fingerprint density at radius 1 is 0.455 bits per heavy atom. The van der Waals surface area contributed by atoms with Crippen LogP contribution >= 0.6 is 10.7 Å². The number of nitrogens with zero attached hydrogens (tertiary/aromatic N) is 11. The first kappa shape index (κ1) is 85.9. The van der Waals surface area contributed by atoms with Gasteiger partial charge < -0.3 is 59.2 Å². The van der Waals surface area contributed by atoms with Gasteiger partial charge in [0.25, 0.3) is 0 Å². The molecule has 6 aromatic rings.